The number of nitrogens with zero attached hydrogens (tertiary/aromatic N) is 7. The number of para-hydroxylation sites is 2. The third-order valence-corrected chi connectivity index (χ3v) is 19.5. The zero-order valence-electron chi connectivity index (χ0n) is 40.9. The summed E-state index contributed by atoms with van der Waals surface area (Å²) in [5.74, 6) is -0.0817. The summed E-state index contributed by atoms with van der Waals surface area (Å²) >= 11 is 1.45. The molecule has 0 radical (unpaired) electrons. The van der Waals surface area contributed by atoms with Crippen molar-refractivity contribution in [3.63, 3.8) is 0 Å². The fourth-order valence-electron chi connectivity index (χ4n) is 11.0. The van der Waals surface area contributed by atoms with Crippen molar-refractivity contribution < 1.29 is 50.2 Å². The molecule has 0 bridgehead atoms. The van der Waals surface area contributed by atoms with Crippen molar-refractivity contribution in [1.29, 1.82) is 0 Å². The molecule has 4 aliphatic heterocycles. The number of anilines is 3. The number of alkyl halides is 2. The first-order valence-electron chi connectivity index (χ1n) is 25.4. The maximum atomic E-state index is 13.6. The summed E-state index contributed by atoms with van der Waals surface area (Å²) in [6, 6.07) is 32.1. The summed E-state index contributed by atoms with van der Waals surface area (Å²) in [4.78, 5) is 67.1. The number of hydrogen-bond acceptors (Lipinski definition) is 12. The number of halogens is 1. The normalized spacial score (nSPS) is 18.6. The summed E-state index contributed by atoms with van der Waals surface area (Å²) in [6.07, 6.45) is 7.41. The number of aryl methyl sites for hydroxylation is 2. The van der Waals surface area contributed by atoms with Gasteiger partial charge in [-0.2, -0.15) is 0 Å². The number of aromatic nitrogens is 4. The summed E-state index contributed by atoms with van der Waals surface area (Å²) in [7, 11) is 1.96. The van der Waals surface area contributed by atoms with E-state index in [-0.39, 0.29) is 44.6 Å². The van der Waals surface area contributed by atoms with Crippen LogP contribution in [-0.2, 0) is 42.4 Å². The fraction of sp³-hybridized carbons (Fsp3) is 0.375. The molecular weight excluding hydrogens is 1050 g/mol. The van der Waals surface area contributed by atoms with Gasteiger partial charge in [-0.3, -0.25) is 10.1 Å². The van der Waals surface area contributed by atoms with Gasteiger partial charge in [0, 0.05) is 18.7 Å². The van der Waals surface area contributed by atoms with E-state index in [0.29, 0.717) is 79.8 Å². The van der Waals surface area contributed by atoms with Crippen molar-refractivity contribution >= 4 is 72.8 Å². The topological polar surface area (TPSA) is 175 Å². The summed E-state index contributed by atoms with van der Waals surface area (Å²) in [6.45, 7) is 5.96. The van der Waals surface area contributed by atoms with E-state index >= 15 is 0 Å². The molecule has 11 rings (SSSR count). The zero-order valence-corrected chi connectivity index (χ0v) is 43.9. The molecule has 73 heavy (non-hydrogen) atoms. The van der Waals surface area contributed by atoms with E-state index in [2.05, 4.69) is 72.9 Å². The van der Waals surface area contributed by atoms with Crippen molar-refractivity contribution in [1.82, 2.24) is 30.0 Å². The molecule has 378 valence electrons. The van der Waals surface area contributed by atoms with Crippen LogP contribution in [0.5, 0.6) is 5.75 Å². The summed E-state index contributed by atoms with van der Waals surface area (Å²) in [5, 5.41) is 22.1. The van der Waals surface area contributed by atoms with E-state index in [9.17, 15) is 24.3 Å². The number of imide groups is 1. The molecule has 17 heteroatoms. The van der Waals surface area contributed by atoms with Gasteiger partial charge in [0.15, 0.2) is 10.8 Å². The van der Waals surface area contributed by atoms with E-state index in [4.69, 9.17) is 9.84 Å². The molecule has 7 aromatic rings. The molecular formula is C56H59IN9O6S-. The minimum absolute atomic E-state index is 0.0140. The van der Waals surface area contributed by atoms with Crippen LogP contribution >= 0.6 is 11.3 Å². The number of pyridine rings is 1. The quantitative estimate of drug-likeness (QED) is 0.0380. The van der Waals surface area contributed by atoms with Crippen molar-refractivity contribution in [3.05, 3.63) is 136 Å². The molecule has 7 heterocycles. The van der Waals surface area contributed by atoms with Gasteiger partial charge >= 0.3 is 253 Å². The van der Waals surface area contributed by atoms with Crippen LogP contribution in [0.15, 0.2) is 97.1 Å². The first kappa shape index (κ1) is 48.8. The summed E-state index contributed by atoms with van der Waals surface area (Å²) < 4.78 is 11.0. The predicted molar refractivity (Wildman–Crippen MR) is 280 cm³/mol. The van der Waals surface area contributed by atoms with Crippen molar-refractivity contribution in [3.8, 4) is 5.75 Å². The number of benzene rings is 4. The number of ether oxygens (including phenoxy) is 1. The second-order valence-corrected chi connectivity index (χ2v) is 24.0. The number of piperidine rings is 2. The maximum absolute atomic E-state index is 13.6. The van der Waals surface area contributed by atoms with Crippen LogP contribution in [0.25, 0.3) is 21.1 Å². The first-order valence-corrected chi connectivity index (χ1v) is 29.0. The molecule has 0 saturated carbocycles. The number of nitrogens with one attached hydrogen (secondary N) is 2. The molecule has 3 amide bonds. The second kappa shape index (κ2) is 21.6. The number of amides is 3. The summed E-state index contributed by atoms with van der Waals surface area (Å²) in [5.41, 5.74) is 8.49. The van der Waals surface area contributed by atoms with Crippen LogP contribution in [0.1, 0.15) is 93.2 Å². The molecule has 4 aromatic carbocycles. The van der Waals surface area contributed by atoms with E-state index in [1.54, 1.807) is 0 Å². The van der Waals surface area contributed by atoms with Gasteiger partial charge in [0.1, 0.15) is 5.82 Å². The van der Waals surface area contributed by atoms with Crippen LogP contribution in [-0.4, -0.2) is 101 Å². The number of carboxylic acids is 1. The van der Waals surface area contributed by atoms with Crippen LogP contribution in [0, 0.1) is 5.92 Å². The standard InChI is InChI=1S/C56H59IN9O6S/c1-63-52-42(51(62-63)43-19-21-49(67)60-54(43)69)10-5-12-46(52)65-29-25-39(32-65)57-34-64-26-22-36(23-27-64)31-35-14-17-40(18-15-35)72-30-6-8-38-16-20-48(59-50(38)55(70)71)66-28-24-37-7-4-9-41(44(37)33-66)53(68)61-56-58-45-11-2-3-13-47(45)73-56/h2-5,7,9-18,20,36,39,43H,6,8,19,21-34H2,1H3,(H,70,71)(H,58,61,68)(H,60,67,69)/q-1. The van der Waals surface area contributed by atoms with Crippen LogP contribution in [0.4, 0.5) is 16.6 Å². The average Bonchev–Trinajstić information content (AvgIpc) is 4.14. The number of carboxylic acid groups (broad SMARTS) is 1. The molecule has 15 nitrogen and oxygen atoms in total. The Morgan fingerprint density at radius 1 is 0.877 bits per heavy atom. The molecule has 3 fully saturated rings. The zero-order chi connectivity index (χ0) is 50.0. The van der Waals surface area contributed by atoms with Crippen molar-refractivity contribution in [2.45, 2.75) is 74.2 Å². The SMILES string of the molecule is Cn1nc(C2CCC(=O)NC2=O)c2cccc(N3CCC([I-]CN4CCC(Cc5ccc(OCCCc6ccc(N7CCc8cccc(C(=O)Nc9nc%10ccccc%10s9)c8C7)nc6C(=O)O)cc5)CC4)C3)c21. The molecule has 4 aliphatic rings. The van der Waals surface area contributed by atoms with Crippen molar-refractivity contribution in [2.24, 2.45) is 13.0 Å². The predicted octanol–water partition coefficient (Wildman–Crippen LogP) is 5.20. The van der Waals surface area contributed by atoms with Crippen LogP contribution < -0.4 is 46.4 Å². The van der Waals surface area contributed by atoms with E-state index in [1.807, 2.05) is 71.2 Å². The number of hydrogen-bond donors (Lipinski definition) is 3. The number of carbonyl (C=O) groups is 4. The Morgan fingerprint density at radius 2 is 1.71 bits per heavy atom. The minimum atomic E-state index is -1.06. The van der Waals surface area contributed by atoms with Gasteiger partial charge in [0.25, 0.3) is 5.91 Å². The monoisotopic (exact) mass is 1110 g/mol. The Labute approximate surface area is 438 Å². The third-order valence-electron chi connectivity index (χ3n) is 14.9. The van der Waals surface area contributed by atoms with Gasteiger partial charge < -0.3 is 10.0 Å². The second-order valence-electron chi connectivity index (χ2n) is 19.7. The van der Waals surface area contributed by atoms with Gasteiger partial charge in [0.2, 0.25) is 0 Å². The molecule has 3 saturated heterocycles. The van der Waals surface area contributed by atoms with Gasteiger partial charge in [-0.05, 0) is 60.2 Å². The van der Waals surface area contributed by atoms with Gasteiger partial charge in [0.05, 0.1) is 10.2 Å². The van der Waals surface area contributed by atoms with Crippen LogP contribution in [0.3, 0.4) is 0 Å². The van der Waals surface area contributed by atoms with E-state index < -0.39 is 11.9 Å². The number of rotatable bonds is 16. The van der Waals surface area contributed by atoms with E-state index in [0.717, 1.165) is 80.2 Å². The number of thiazole rings is 1. The third kappa shape index (κ3) is 10.8. The Bertz CT molecular complexity index is 3170. The van der Waals surface area contributed by atoms with Gasteiger partial charge in [-0.25, -0.2) is 14.8 Å². The van der Waals surface area contributed by atoms with Gasteiger partial charge in [-0.15, -0.1) is 0 Å². The molecule has 0 spiro atoms. The Balaban J connectivity index is 0.612. The Hall–Kier alpha value is -6.44. The first-order chi connectivity index (χ1) is 35.6. The Morgan fingerprint density at radius 3 is 2.53 bits per heavy atom. The number of likely N-dealkylation sites (tertiary alicyclic amines) is 1. The molecule has 3 aromatic heterocycles. The Kier molecular flexibility index (Phi) is 14.4. The number of carbonyl (C=O) groups excluding carboxylic acids is 3. The van der Waals surface area contributed by atoms with Crippen molar-refractivity contribution in [2.75, 3.05) is 59.0 Å². The number of fused-ring (bicyclic) bond motifs is 3. The van der Waals surface area contributed by atoms with Crippen LogP contribution in [0.2, 0.25) is 0 Å². The molecule has 2 atom stereocenters. The number of aromatic carboxylic acids is 1. The fourth-order valence-corrected chi connectivity index (χ4v) is 15.1. The molecule has 0 aliphatic carbocycles. The molecule has 3 N–H and O–H groups in total. The van der Waals surface area contributed by atoms with Gasteiger partial charge in [-0.1, -0.05) is 41.7 Å². The van der Waals surface area contributed by atoms with E-state index in [1.165, 1.54) is 46.4 Å². The average molecular weight is 1110 g/mol. The molecule has 2 unspecified atom stereocenters.